The number of nitrogen functional groups attached to an aromatic ring is 1. The molecular weight excluding hydrogens is 422 g/mol. The van der Waals surface area contributed by atoms with Gasteiger partial charge in [0.2, 0.25) is 5.91 Å². The van der Waals surface area contributed by atoms with Crippen molar-refractivity contribution in [2.75, 3.05) is 29.5 Å². The average Bonchev–Trinajstić information content (AvgIpc) is 2.74. The number of benzene rings is 1. The fourth-order valence-corrected chi connectivity index (χ4v) is 3.30. The van der Waals surface area contributed by atoms with Crippen LogP contribution in [0.5, 0.6) is 0 Å². The highest BCUT2D eigenvalue weighted by molar-refractivity contribution is 6.07. The van der Waals surface area contributed by atoms with Gasteiger partial charge in [0.25, 0.3) is 5.91 Å². The normalized spacial score (nSPS) is 13.7. The molecule has 0 spiro atoms. The van der Waals surface area contributed by atoms with Crippen molar-refractivity contribution in [3.05, 3.63) is 53.7 Å². The molecule has 3 rings (SSSR count). The van der Waals surface area contributed by atoms with Crippen molar-refractivity contribution < 1.29 is 19.1 Å². The van der Waals surface area contributed by atoms with Crippen LogP contribution in [0.1, 0.15) is 50.0 Å². The zero-order valence-corrected chi connectivity index (χ0v) is 19.3. The summed E-state index contributed by atoms with van der Waals surface area (Å²) >= 11 is 0. The number of amides is 3. The minimum absolute atomic E-state index is 0.123. The minimum Gasteiger partial charge on any atom is -0.444 e. The number of carbonyl (C=O) groups excluding carboxylic acids is 3. The molecule has 2 heterocycles. The quantitative estimate of drug-likeness (QED) is 0.647. The topological polar surface area (TPSA) is 127 Å². The third-order valence-electron chi connectivity index (χ3n) is 4.86. The molecule has 0 atom stereocenters. The molecule has 174 valence electrons. The first-order valence-corrected chi connectivity index (χ1v) is 10.6. The predicted molar refractivity (Wildman–Crippen MR) is 128 cm³/mol. The van der Waals surface area contributed by atoms with Crippen LogP contribution in [0, 0.1) is 0 Å². The average molecular weight is 452 g/mol. The van der Waals surface area contributed by atoms with Gasteiger partial charge in [-0.1, -0.05) is 6.08 Å². The summed E-state index contributed by atoms with van der Waals surface area (Å²) in [5.41, 5.74) is 8.63. The lowest BCUT2D eigenvalue weighted by atomic mass is 9.99. The maximum absolute atomic E-state index is 12.8. The van der Waals surface area contributed by atoms with Crippen LogP contribution >= 0.6 is 0 Å². The fraction of sp³-hybridized carbons (Fsp3) is 0.333. The third kappa shape index (κ3) is 6.55. The first kappa shape index (κ1) is 23.8. The number of hydrogen-bond donors (Lipinski definition) is 3. The molecule has 0 bridgehead atoms. The van der Waals surface area contributed by atoms with E-state index in [0.29, 0.717) is 30.9 Å². The molecule has 0 radical (unpaired) electrons. The molecule has 33 heavy (non-hydrogen) atoms. The number of rotatable bonds is 4. The lowest BCUT2D eigenvalue weighted by molar-refractivity contribution is -0.114. The summed E-state index contributed by atoms with van der Waals surface area (Å²) in [6, 6.07) is 8.46. The van der Waals surface area contributed by atoms with Gasteiger partial charge in [-0.2, -0.15) is 0 Å². The highest BCUT2D eigenvalue weighted by atomic mass is 16.6. The highest BCUT2D eigenvalue weighted by Gasteiger charge is 2.24. The zero-order chi connectivity index (χ0) is 24.2. The smallest absolute Gasteiger partial charge is 0.410 e. The van der Waals surface area contributed by atoms with Crippen LogP contribution in [0.3, 0.4) is 0 Å². The maximum Gasteiger partial charge on any atom is 0.410 e. The SMILES string of the molecule is CC(=O)Nc1ccc(NC(=O)c2cc(C3=CCN(C(=O)OC(C)(C)C)CC3)cnc2N)cc1. The monoisotopic (exact) mass is 451 g/mol. The molecule has 9 nitrogen and oxygen atoms in total. The van der Waals surface area contributed by atoms with Gasteiger partial charge in [-0.15, -0.1) is 0 Å². The Kier molecular flexibility index (Phi) is 7.01. The summed E-state index contributed by atoms with van der Waals surface area (Å²) in [4.78, 5) is 42.0. The molecule has 0 saturated carbocycles. The van der Waals surface area contributed by atoms with Crippen LogP contribution in [0.2, 0.25) is 0 Å². The van der Waals surface area contributed by atoms with Crippen LogP contribution in [0.25, 0.3) is 5.57 Å². The lowest BCUT2D eigenvalue weighted by Gasteiger charge is -2.29. The van der Waals surface area contributed by atoms with Gasteiger partial charge in [0.15, 0.2) is 0 Å². The van der Waals surface area contributed by atoms with Crippen LogP contribution in [0.4, 0.5) is 22.0 Å². The first-order valence-electron chi connectivity index (χ1n) is 10.6. The number of carbonyl (C=O) groups is 3. The fourth-order valence-electron chi connectivity index (χ4n) is 3.30. The molecule has 4 N–H and O–H groups in total. The number of aromatic nitrogens is 1. The summed E-state index contributed by atoms with van der Waals surface area (Å²) in [6.07, 6.45) is 3.82. The van der Waals surface area contributed by atoms with Crippen molar-refractivity contribution in [1.82, 2.24) is 9.88 Å². The van der Waals surface area contributed by atoms with E-state index in [-0.39, 0.29) is 29.3 Å². The zero-order valence-electron chi connectivity index (χ0n) is 19.3. The van der Waals surface area contributed by atoms with Crippen molar-refractivity contribution >= 4 is 40.7 Å². The molecule has 0 unspecified atom stereocenters. The number of ether oxygens (including phenoxy) is 1. The molecule has 1 aliphatic heterocycles. The van der Waals surface area contributed by atoms with E-state index in [1.807, 2.05) is 26.8 Å². The van der Waals surface area contributed by atoms with Gasteiger partial charge in [0.05, 0.1) is 5.56 Å². The van der Waals surface area contributed by atoms with E-state index in [2.05, 4.69) is 15.6 Å². The Morgan fingerprint density at radius 1 is 1.09 bits per heavy atom. The van der Waals surface area contributed by atoms with E-state index in [1.165, 1.54) is 6.92 Å². The maximum atomic E-state index is 12.8. The van der Waals surface area contributed by atoms with Gasteiger partial charge in [0.1, 0.15) is 11.4 Å². The van der Waals surface area contributed by atoms with Crippen LogP contribution in [-0.2, 0) is 9.53 Å². The van der Waals surface area contributed by atoms with Gasteiger partial charge >= 0.3 is 6.09 Å². The van der Waals surface area contributed by atoms with Gasteiger partial charge in [-0.25, -0.2) is 9.78 Å². The number of nitrogens with zero attached hydrogens (tertiary/aromatic N) is 2. The molecule has 2 aromatic rings. The number of anilines is 3. The van der Waals surface area contributed by atoms with Crippen molar-refractivity contribution in [3.8, 4) is 0 Å². The molecular formula is C24H29N5O4. The molecule has 0 saturated heterocycles. The molecule has 9 heteroatoms. The van der Waals surface area contributed by atoms with Crippen molar-refractivity contribution in [2.24, 2.45) is 0 Å². The van der Waals surface area contributed by atoms with Gasteiger partial charge in [0, 0.05) is 37.6 Å². The molecule has 0 fully saturated rings. The first-order chi connectivity index (χ1) is 15.5. The van der Waals surface area contributed by atoms with E-state index in [0.717, 1.165) is 11.1 Å². The largest absolute Gasteiger partial charge is 0.444 e. The molecule has 3 amide bonds. The van der Waals surface area contributed by atoms with Crippen molar-refractivity contribution in [2.45, 2.75) is 39.7 Å². The summed E-state index contributed by atoms with van der Waals surface area (Å²) in [7, 11) is 0. The lowest BCUT2D eigenvalue weighted by Crippen LogP contribution is -2.39. The Morgan fingerprint density at radius 2 is 1.73 bits per heavy atom. The standard InChI is InChI=1S/C24H29N5O4/c1-15(30)27-18-5-7-19(8-6-18)28-22(31)20-13-17(14-26-21(20)25)16-9-11-29(12-10-16)23(32)33-24(2,3)4/h5-9,13-14H,10-12H2,1-4H3,(H2,25,26)(H,27,30)(H,28,31). The van der Waals surface area contributed by atoms with Crippen LogP contribution in [0.15, 0.2) is 42.6 Å². The third-order valence-corrected chi connectivity index (χ3v) is 4.86. The number of nitrogens with two attached hydrogens (primary N) is 1. The minimum atomic E-state index is -0.547. The second-order valence-corrected chi connectivity index (χ2v) is 8.78. The Morgan fingerprint density at radius 3 is 2.27 bits per heavy atom. The van der Waals surface area contributed by atoms with E-state index >= 15 is 0 Å². The van der Waals surface area contributed by atoms with E-state index in [4.69, 9.17) is 10.5 Å². The number of hydrogen-bond acceptors (Lipinski definition) is 6. The summed E-state index contributed by atoms with van der Waals surface area (Å²) in [5, 5.41) is 5.46. The molecule has 1 aliphatic rings. The summed E-state index contributed by atoms with van der Waals surface area (Å²) in [6.45, 7) is 7.85. The van der Waals surface area contributed by atoms with E-state index < -0.39 is 5.60 Å². The Balaban J connectivity index is 1.70. The van der Waals surface area contributed by atoms with Crippen molar-refractivity contribution in [1.29, 1.82) is 0 Å². The molecule has 1 aromatic carbocycles. The van der Waals surface area contributed by atoms with Crippen LogP contribution < -0.4 is 16.4 Å². The highest BCUT2D eigenvalue weighted by Crippen LogP contribution is 2.26. The Bertz CT molecular complexity index is 1090. The van der Waals surface area contributed by atoms with Crippen LogP contribution in [-0.4, -0.2) is 46.5 Å². The second kappa shape index (κ2) is 9.72. The van der Waals surface area contributed by atoms with Gasteiger partial charge < -0.3 is 26.0 Å². The number of pyridine rings is 1. The Labute approximate surface area is 193 Å². The molecule has 0 aliphatic carbocycles. The van der Waals surface area contributed by atoms with Crippen molar-refractivity contribution in [3.63, 3.8) is 0 Å². The predicted octanol–water partition coefficient (Wildman–Crippen LogP) is 3.90. The Hall–Kier alpha value is -3.88. The van der Waals surface area contributed by atoms with Gasteiger partial charge in [-0.3, -0.25) is 9.59 Å². The second-order valence-electron chi connectivity index (χ2n) is 8.78. The van der Waals surface area contributed by atoms with E-state index in [1.54, 1.807) is 41.4 Å². The summed E-state index contributed by atoms with van der Waals surface area (Å²) < 4.78 is 5.42. The van der Waals surface area contributed by atoms with Gasteiger partial charge in [-0.05, 0) is 68.7 Å². The van der Waals surface area contributed by atoms with E-state index in [9.17, 15) is 14.4 Å². The summed E-state index contributed by atoms with van der Waals surface area (Å²) in [5.74, 6) is -0.437. The number of nitrogens with one attached hydrogen (secondary N) is 2. The molecule has 1 aromatic heterocycles.